The van der Waals surface area contributed by atoms with Gasteiger partial charge < -0.3 is 10.5 Å². The Hall–Kier alpha value is -1.66. The summed E-state index contributed by atoms with van der Waals surface area (Å²) in [5.41, 5.74) is 5.81. The van der Waals surface area contributed by atoms with Crippen LogP contribution in [0.3, 0.4) is 0 Å². The molecule has 1 rings (SSSR count). The summed E-state index contributed by atoms with van der Waals surface area (Å²) in [4.78, 5) is 21.6. The Morgan fingerprint density at radius 1 is 1.61 bits per heavy atom. The Kier molecular flexibility index (Phi) is 5.06. The lowest BCUT2D eigenvalue weighted by Crippen LogP contribution is -2.34. The maximum atomic E-state index is 11.4. The van der Waals surface area contributed by atoms with Gasteiger partial charge >= 0.3 is 5.97 Å². The van der Waals surface area contributed by atoms with Crippen LogP contribution in [0.2, 0.25) is 5.02 Å². The summed E-state index contributed by atoms with van der Waals surface area (Å²) in [6.07, 6.45) is 0.0340. The molecule has 1 unspecified atom stereocenters. The quantitative estimate of drug-likeness (QED) is 0.500. The number of halogens is 1. The molecule has 1 atom stereocenters. The number of nitro benzene ring substituents is 1. The molecule has 7 heteroatoms. The topological polar surface area (TPSA) is 95.5 Å². The maximum Gasteiger partial charge on any atom is 0.323 e. The zero-order valence-electron chi connectivity index (χ0n) is 9.76. The molecule has 2 N–H and O–H groups in total. The van der Waals surface area contributed by atoms with Gasteiger partial charge in [0.15, 0.2) is 0 Å². The number of carbonyl (C=O) groups is 1. The second-order valence-electron chi connectivity index (χ2n) is 3.59. The Morgan fingerprint density at radius 3 is 2.83 bits per heavy atom. The lowest BCUT2D eigenvalue weighted by atomic mass is 10.0. The summed E-state index contributed by atoms with van der Waals surface area (Å²) in [5.74, 6) is -0.582. The van der Waals surface area contributed by atoms with Crippen molar-refractivity contribution in [1.82, 2.24) is 0 Å². The van der Waals surface area contributed by atoms with E-state index in [0.29, 0.717) is 5.56 Å². The van der Waals surface area contributed by atoms with E-state index in [0.717, 1.165) is 0 Å². The molecule has 0 bridgehead atoms. The molecule has 0 aliphatic carbocycles. The summed E-state index contributed by atoms with van der Waals surface area (Å²) in [6, 6.07) is 3.31. The first-order valence-electron chi connectivity index (χ1n) is 5.30. The second kappa shape index (κ2) is 6.32. The smallest absolute Gasteiger partial charge is 0.323 e. The fourth-order valence-corrected chi connectivity index (χ4v) is 1.62. The number of hydrogen-bond donors (Lipinski definition) is 1. The van der Waals surface area contributed by atoms with Crippen LogP contribution < -0.4 is 5.73 Å². The van der Waals surface area contributed by atoms with Crippen LogP contribution in [-0.2, 0) is 16.0 Å². The number of nitrogens with two attached hydrogens (primary N) is 1. The van der Waals surface area contributed by atoms with Crippen molar-refractivity contribution >= 4 is 23.3 Å². The van der Waals surface area contributed by atoms with Gasteiger partial charge in [0, 0.05) is 23.1 Å². The monoisotopic (exact) mass is 272 g/mol. The van der Waals surface area contributed by atoms with E-state index in [9.17, 15) is 14.9 Å². The van der Waals surface area contributed by atoms with Crippen LogP contribution in [0.15, 0.2) is 18.2 Å². The molecular weight excluding hydrogens is 260 g/mol. The lowest BCUT2D eigenvalue weighted by Gasteiger charge is -2.10. The minimum absolute atomic E-state index is 0.0340. The summed E-state index contributed by atoms with van der Waals surface area (Å²) in [6.45, 7) is 1.88. The standard InChI is InChI=1S/C11H13ClN2O4/c1-2-18-11(15)9(13)5-7-3-4-8(12)6-10(7)14(16)17/h3-4,6,9H,2,5,13H2,1H3. The van der Waals surface area contributed by atoms with Crippen molar-refractivity contribution in [2.45, 2.75) is 19.4 Å². The first kappa shape index (κ1) is 14.4. The largest absolute Gasteiger partial charge is 0.465 e. The first-order chi connectivity index (χ1) is 8.45. The summed E-state index contributed by atoms with van der Waals surface area (Å²) >= 11 is 5.68. The minimum Gasteiger partial charge on any atom is -0.465 e. The van der Waals surface area contributed by atoms with Crippen LogP contribution in [0.5, 0.6) is 0 Å². The van der Waals surface area contributed by atoms with Crippen LogP contribution in [0, 0.1) is 10.1 Å². The lowest BCUT2D eigenvalue weighted by molar-refractivity contribution is -0.385. The minimum atomic E-state index is -0.926. The van der Waals surface area contributed by atoms with Gasteiger partial charge in [-0.15, -0.1) is 0 Å². The highest BCUT2D eigenvalue weighted by Gasteiger charge is 2.21. The van der Waals surface area contributed by atoms with Gasteiger partial charge in [-0.1, -0.05) is 17.7 Å². The average molecular weight is 273 g/mol. The highest BCUT2D eigenvalue weighted by atomic mass is 35.5. The van der Waals surface area contributed by atoms with E-state index in [1.165, 1.54) is 18.2 Å². The molecule has 0 aromatic heterocycles. The van der Waals surface area contributed by atoms with Crippen molar-refractivity contribution in [2.24, 2.45) is 5.73 Å². The van der Waals surface area contributed by atoms with Gasteiger partial charge in [0.1, 0.15) is 6.04 Å². The van der Waals surface area contributed by atoms with E-state index in [1.807, 2.05) is 0 Å². The van der Waals surface area contributed by atoms with Crippen molar-refractivity contribution in [3.05, 3.63) is 38.9 Å². The predicted molar refractivity (Wildman–Crippen MR) is 66.4 cm³/mol. The SMILES string of the molecule is CCOC(=O)C(N)Cc1ccc(Cl)cc1[N+](=O)[O-]. The van der Waals surface area contributed by atoms with Crippen LogP contribution in [0.25, 0.3) is 0 Å². The van der Waals surface area contributed by atoms with Crippen LogP contribution >= 0.6 is 11.6 Å². The third kappa shape index (κ3) is 3.68. The number of esters is 1. The molecule has 0 fully saturated rings. The van der Waals surface area contributed by atoms with Crippen molar-refractivity contribution in [3.8, 4) is 0 Å². The van der Waals surface area contributed by atoms with Crippen molar-refractivity contribution < 1.29 is 14.5 Å². The van der Waals surface area contributed by atoms with Gasteiger partial charge in [0.25, 0.3) is 5.69 Å². The van der Waals surface area contributed by atoms with Crippen molar-refractivity contribution in [1.29, 1.82) is 0 Å². The molecule has 0 aliphatic rings. The molecule has 0 heterocycles. The van der Waals surface area contributed by atoms with Gasteiger partial charge in [-0.3, -0.25) is 14.9 Å². The molecule has 0 saturated carbocycles. The Labute approximate surface area is 109 Å². The molecule has 0 spiro atoms. The number of hydrogen-bond acceptors (Lipinski definition) is 5. The average Bonchev–Trinajstić information content (AvgIpc) is 2.31. The van der Waals surface area contributed by atoms with Crippen molar-refractivity contribution in [3.63, 3.8) is 0 Å². The number of nitro groups is 1. The van der Waals surface area contributed by atoms with Gasteiger partial charge in [0.2, 0.25) is 0 Å². The highest BCUT2D eigenvalue weighted by Crippen LogP contribution is 2.24. The fourth-order valence-electron chi connectivity index (χ4n) is 1.45. The zero-order chi connectivity index (χ0) is 13.7. The number of benzene rings is 1. The van der Waals surface area contributed by atoms with Crippen LogP contribution in [0.1, 0.15) is 12.5 Å². The third-order valence-electron chi connectivity index (χ3n) is 2.27. The number of nitrogens with zero attached hydrogens (tertiary/aromatic N) is 1. The van der Waals surface area contributed by atoms with Crippen molar-refractivity contribution in [2.75, 3.05) is 6.61 Å². The second-order valence-corrected chi connectivity index (χ2v) is 4.03. The normalized spacial score (nSPS) is 11.9. The molecule has 0 aliphatic heterocycles. The van der Waals surface area contributed by atoms with Crippen LogP contribution in [0.4, 0.5) is 5.69 Å². The highest BCUT2D eigenvalue weighted by molar-refractivity contribution is 6.30. The van der Waals surface area contributed by atoms with E-state index < -0.39 is 16.9 Å². The predicted octanol–water partition coefficient (Wildman–Crippen LogP) is 1.68. The fraction of sp³-hybridized carbons (Fsp3) is 0.364. The molecule has 0 amide bonds. The molecule has 98 valence electrons. The maximum absolute atomic E-state index is 11.4. The summed E-state index contributed by atoms with van der Waals surface area (Å²) < 4.78 is 4.74. The first-order valence-corrected chi connectivity index (χ1v) is 5.68. The van der Waals surface area contributed by atoms with Gasteiger partial charge in [-0.25, -0.2) is 0 Å². The van der Waals surface area contributed by atoms with Gasteiger partial charge in [-0.2, -0.15) is 0 Å². The molecular formula is C11H13ClN2O4. The van der Waals surface area contributed by atoms with E-state index in [1.54, 1.807) is 6.92 Å². The molecule has 1 aromatic rings. The van der Waals surface area contributed by atoms with Crippen LogP contribution in [-0.4, -0.2) is 23.5 Å². The molecule has 18 heavy (non-hydrogen) atoms. The number of ether oxygens (including phenoxy) is 1. The van der Waals surface area contributed by atoms with E-state index in [2.05, 4.69) is 0 Å². The Bertz CT molecular complexity index is 464. The van der Waals surface area contributed by atoms with Gasteiger partial charge in [0.05, 0.1) is 11.5 Å². The summed E-state index contributed by atoms with van der Waals surface area (Å²) in [7, 11) is 0. The Morgan fingerprint density at radius 2 is 2.28 bits per heavy atom. The molecule has 1 aromatic carbocycles. The van der Waals surface area contributed by atoms with E-state index >= 15 is 0 Å². The van der Waals surface area contributed by atoms with Gasteiger partial charge in [-0.05, 0) is 13.0 Å². The Balaban J connectivity index is 2.90. The van der Waals surface area contributed by atoms with E-state index in [4.69, 9.17) is 22.1 Å². The number of carbonyl (C=O) groups excluding carboxylic acids is 1. The molecule has 0 radical (unpaired) electrons. The summed E-state index contributed by atoms with van der Waals surface area (Å²) in [5, 5.41) is 11.1. The zero-order valence-corrected chi connectivity index (χ0v) is 10.5. The third-order valence-corrected chi connectivity index (χ3v) is 2.51. The molecule has 6 nitrogen and oxygen atoms in total. The molecule has 0 saturated heterocycles. The number of rotatable bonds is 5. The van der Waals surface area contributed by atoms with E-state index in [-0.39, 0.29) is 23.7 Å².